The largest absolute Gasteiger partial charge is 0.481 e. The smallest absolute Gasteiger partial charge is 0.306 e. The molecule has 2 rings (SSSR count). The molecule has 1 heterocycles. The van der Waals surface area contributed by atoms with E-state index in [1.165, 1.54) is 5.56 Å². The second-order valence-electron chi connectivity index (χ2n) is 5.33. The molecule has 0 spiro atoms. The molecule has 1 aliphatic rings. The topological polar surface area (TPSA) is 64.3 Å². The SMILES string of the molecule is Cc1cc(C#N)ccc1CN1CC(C(C)C(=O)O)C1. The Bertz CT molecular complexity index is 527. The fourth-order valence-electron chi connectivity index (χ4n) is 2.44. The van der Waals surface area contributed by atoms with E-state index >= 15 is 0 Å². The zero-order valence-electron chi connectivity index (χ0n) is 11.3. The molecule has 0 aliphatic carbocycles. The maximum absolute atomic E-state index is 10.9. The number of aryl methyl sites for hydroxylation is 1. The van der Waals surface area contributed by atoms with Gasteiger partial charge in [-0.15, -0.1) is 0 Å². The van der Waals surface area contributed by atoms with Crippen molar-refractivity contribution >= 4 is 5.97 Å². The van der Waals surface area contributed by atoms with Crippen LogP contribution in [0.4, 0.5) is 0 Å². The molecule has 0 saturated carbocycles. The van der Waals surface area contributed by atoms with Crippen LogP contribution in [-0.4, -0.2) is 29.1 Å². The van der Waals surface area contributed by atoms with Crippen molar-refractivity contribution in [2.45, 2.75) is 20.4 Å². The van der Waals surface area contributed by atoms with E-state index in [9.17, 15) is 4.79 Å². The third-order valence-electron chi connectivity index (χ3n) is 3.95. The van der Waals surface area contributed by atoms with Crippen molar-refractivity contribution in [1.29, 1.82) is 5.26 Å². The predicted octanol–water partition coefficient (Wildman–Crippen LogP) is 2.02. The summed E-state index contributed by atoms with van der Waals surface area (Å²) in [6, 6.07) is 7.85. The van der Waals surface area contributed by atoms with Crippen LogP contribution in [0.3, 0.4) is 0 Å². The van der Waals surface area contributed by atoms with E-state index in [1.807, 2.05) is 25.1 Å². The fraction of sp³-hybridized carbons (Fsp3) is 0.467. The van der Waals surface area contributed by atoms with E-state index in [0.29, 0.717) is 5.56 Å². The van der Waals surface area contributed by atoms with Gasteiger partial charge in [0, 0.05) is 19.6 Å². The third-order valence-corrected chi connectivity index (χ3v) is 3.95. The Hall–Kier alpha value is -1.86. The van der Waals surface area contributed by atoms with E-state index < -0.39 is 5.97 Å². The Morgan fingerprint density at radius 2 is 2.26 bits per heavy atom. The highest BCUT2D eigenvalue weighted by molar-refractivity contribution is 5.70. The molecule has 0 amide bonds. The van der Waals surface area contributed by atoms with Gasteiger partial charge in [-0.1, -0.05) is 13.0 Å². The van der Waals surface area contributed by atoms with E-state index in [0.717, 1.165) is 25.2 Å². The first-order valence-electron chi connectivity index (χ1n) is 6.46. The summed E-state index contributed by atoms with van der Waals surface area (Å²) in [5.41, 5.74) is 3.01. The average molecular weight is 258 g/mol. The molecule has 0 radical (unpaired) electrons. The average Bonchev–Trinajstić information content (AvgIpc) is 2.33. The summed E-state index contributed by atoms with van der Waals surface area (Å²) in [4.78, 5) is 13.1. The van der Waals surface area contributed by atoms with Gasteiger partial charge in [-0.25, -0.2) is 0 Å². The van der Waals surface area contributed by atoms with Crippen molar-refractivity contribution in [1.82, 2.24) is 4.90 Å². The lowest BCUT2D eigenvalue weighted by atomic mass is 9.86. The molecule has 100 valence electrons. The molecule has 4 nitrogen and oxygen atoms in total. The summed E-state index contributed by atoms with van der Waals surface area (Å²) < 4.78 is 0. The van der Waals surface area contributed by atoms with Gasteiger partial charge >= 0.3 is 5.97 Å². The molecule has 0 bridgehead atoms. The number of nitrogens with zero attached hydrogens (tertiary/aromatic N) is 2. The summed E-state index contributed by atoms with van der Waals surface area (Å²) in [5, 5.41) is 17.8. The lowest BCUT2D eigenvalue weighted by Crippen LogP contribution is -2.50. The maximum atomic E-state index is 10.9. The molecule has 1 saturated heterocycles. The molecule has 4 heteroatoms. The summed E-state index contributed by atoms with van der Waals surface area (Å²) >= 11 is 0. The minimum Gasteiger partial charge on any atom is -0.481 e. The number of rotatable bonds is 4. The summed E-state index contributed by atoms with van der Waals surface area (Å²) in [6.45, 7) is 6.30. The first kappa shape index (κ1) is 13.6. The van der Waals surface area contributed by atoms with Crippen molar-refractivity contribution in [2.24, 2.45) is 11.8 Å². The number of hydrogen-bond donors (Lipinski definition) is 1. The Morgan fingerprint density at radius 1 is 1.58 bits per heavy atom. The number of likely N-dealkylation sites (tertiary alicyclic amines) is 1. The zero-order valence-corrected chi connectivity index (χ0v) is 11.3. The molecule has 1 aromatic rings. The Morgan fingerprint density at radius 3 is 2.79 bits per heavy atom. The summed E-state index contributed by atoms with van der Waals surface area (Å²) in [7, 11) is 0. The van der Waals surface area contributed by atoms with Gasteiger partial charge in [0.2, 0.25) is 0 Å². The Labute approximate surface area is 113 Å². The number of benzene rings is 1. The van der Waals surface area contributed by atoms with Gasteiger partial charge in [0.05, 0.1) is 17.6 Å². The normalized spacial score (nSPS) is 17.5. The highest BCUT2D eigenvalue weighted by atomic mass is 16.4. The summed E-state index contributed by atoms with van der Waals surface area (Å²) in [6.07, 6.45) is 0. The second-order valence-corrected chi connectivity index (χ2v) is 5.33. The number of carboxylic acid groups (broad SMARTS) is 1. The van der Waals surface area contributed by atoms with Crippen LogP contribution in [0.1, 0.15) is 23.6 Å². The molecule has 0 aromatic heterocycles. The number of hydrogen-bond acceptors (Lipinski definition) is 3. The van der Waals surface area contributed by atoms with Crippen LogP contribution in [0, 0.1) is 30.1 Å². The van der Waals surface area contributed by atoms with Gasteiger partial charge < -0.3 is 5.11 Å². The monoisotopic (exact) mass is 258 g/mol. The molecular weight excluding hydrogens is 240 g/mol. The fourth-order valence-corrected chi connectivity index (χ4v) is 2.44. The van der Waals surface area contributed by atoms with Crippen LogP contribution in [0.25, 0.3) is 0 Å². The molecule has 1 aliphatic heterocycles. The van der Waals surface area contributed by atoms with Crippen molar-refractivity contribution in [3.8, 4) is 6.07 Å². The molecule has 1 fully saturated rings. The molecular formula is C15H18N2O2. The predicted molar refractivity (Wildman–Crippen MR) is 71.5 cm³/mol. The molecule has 19 heavy (non-hydrogen) atoms. The van der Waals surface area contributed by atoms with Crippen LogP contribution in [0.15, 0.2) is 18.2 Å². The lowest BCUT2D eigenvalue weighted by molar-refractivity contribution is -0.145. The van der Waals surface area contributed by atoms with Crippen molar-refractivity contribution in [3.05, 3.63) is 34.9 Å². The van der Waals surface area contributed by atoms with Crippen LogP contribution < -0.4 is 0 Å². The first-order valence-corrected chi connectivity index (χ1v) is 6.46. The molecule has 1 unspecified atom stereocenters. The minimum absolute atomic E-state index is 0.260. The van der Waals surface area contributed by atoms with Gasteiger partial charge in [-0.05, 0) is 36.1 Å². The lowest BCUT2D eigenvalue weighted by Gasteiger charge is -2.41. The van der Waals surface area contributed by atoms with Crippen molar-refractivity contribution < 1.29 is 9.90 Å². The Kier molecular flexibility index (Phi) is 3.87. The molecule has 1 atom stereocenters. The van der Waals surface area contributed by atoms with Gasteiger partial charge in [-0.3, -0.25) is 9.69 Å². The van der Waals surface area contributed by atoms with Crippen LogP contribution in [-0.2, 0) is 11.3 Å². The van der Waals surface area contributed by atoms with Crippen LogP contribution >= 0.6 is 0 Å². The van der Waals surface area contributed by atoms with Crippen LogP contribution in [0.2, 0.25) is 0 Å². The van der Waals surface area contributed by atoms with E-state index in [1.54, 1.807) is 6.92 Å². The number of carboxylic acids is 1. The van der Waals surface area contributed by atoms with E-state index in [-0.39, 0.29) is 11.8 Å². The first-order chi connectivity index (χ1) is 9.01. The number of nitriles is 1. The second kappa shape index (κ2) is 5.41. The quantitative estimate of drug-likeness (QED) is 0.897. The van der Waals surface area contributed by atoms with Crippen molar-refractivity contribution in [3.63, 3.8) is 0 Å². The standard InChI is InChI=1S/C15H18N2O2/c1-10-5-12(6-16)3-4-13(10)7-17-8-14(9-17)11(2)15(18)19/h3-5,11,14H,7-9H2,1-2H3,(H,18,19). The highest BCUT2D eigenvalue weighted by Gasteiger charge is 2.34. The van der Waals surface area contributed by atoms with Gasteiger partial charge in [0.25, 0.3) is 0 Å². The number of carbonyl (C=O) groups is 1. The van der Waals surface area contributed by atoms with E-state index in [2.05, 4.69) is 11.0 Å². The minimum atomic E-state index is -0.709. The van der Waals surface area contributed by atoms with Gasteiger partial charge in [0.15, 0.2) is 0 Å². The molecule has 1 N–H and O–H groups in total. The van der Waals surface area contributed by atoms with E-state index in [4.69, 9.17) is 10.4 Å². The maximum Gasteiger partial charge on any atom is 0.306 e. The summed E-state index contributed by atoms with van der Waals surface area (Å²) in [5.74, 6) is -0.714. The van der Waals surface area contributed by atoms with Crippen LogP contribution in [0.5, 0.6) is 0 Å². The van der Waals surface area contributed by atoms with Gasteiger partial charge in [-0.2, -0.15) is 5.26 Å². The third kappa shape index (κ3) is 2.94. The Balaban J connectivity index is 1.91. The van der Waals surface area contributed by atoms with Crippen molar-refractivity contribution in [2.75, 3.05) is 13.1 Å². The number of aliphatic carboxylic acids is 1. The molecule has 1 aromatic carbocycles. The highest BCUT2D eigenvalue weighted by Crippen LogP contribution is 2.26. The van der Waals surface area contributed by atoms with Gasteiger partial charge in [0.1, 0.15) is 0 Å². The zero-order chi connectivity index (χ0) is 14.0.